The number of carbonyl (C=O) groups excluding carboxylic acids is 1. The quantitative estimate of drug-likeness (QED) is 0.591. The Hall–Kier alpha value is -3.04. The molecule has 178 valence electrons. The number of esters is 1. The van der Waals surface area contributed by atoms with Gasteiger partial charge < -0.3 is 19.6 Å². The molecular weight excluding hydrogens is 432 g/mol. The Balaban J connectivity index is 1.09. The Kier molecular flexibility index (Phi) is 5.07. The van der Waals surface area contributed by atoms with E-state index in [2.05, 4.69) is 20.0 Å². The number of β-amino-alcohol motifs (C(OH)–C–C–N with tert-alkyl or cyclic N) is 1. The highest BCUT2D eigenvalue weighted by Gasteiger charge is 2.41. The number of rotatable bonds is 4. The van der Waals surface area contributed by atoms with Gasteiger partial charge in [0.1, 0.15) is 12.4 Å². The molecule has 9 nitrogen and oxygen atoms in total. The van der Waals surface area contributed by atoms with Crippen LogP contribution in [-0.2, 0) is 11.3 Å². The number of ether oxygens (including phenoxy) is 1. The van der Waals surface area contributed by atoms with Gasteiger partial charge in [-0.25, -0.2) is 4.79 Å². The Morgan fingerprint density at radius 1 is 1.09 bits per heavy atom. The molecule has 0 amide bonds. The number of fused-ring (bicyclic) bond motifs is 2. The molecule has 0 radical (unpaired) electrons. The maximum absolute atomic E-state index is 11.8. The number of piperidine rings is 1. The summed E-state index contributed by atoms with van der Waals surface area (Å²) in [6, 6.07) is 7.71. The van der Waals surface area contributed by atoms with Gasteiger partial charge in [-0.15, -0.1) is 15.3 Å². The molecule has 1 aromatic carbocycles. The lowest BCUT2D eigenvalue weighted by molar-refractivity contribution is 0.0534. The lowest BCUT2D eigenvalue weighted by Gasteiger charge is -2.40. The van der Waals surface area contributed by atoms with Gasteiger partial charge in [0.2, 0.25) is 0 Å². The molecule has 3 aliphatic heterocycles. The van der Waals surface area contributed by atoms with E-state index < -0.39 is 6.10 Å². The minimum absolute atomic E-state index is 0.266. The number of cyclic esters (lactones) is 1. The van der Waals surface area contributed by atoms with Gasteiger partial charge in [0, 0.05) is 25.2 Å². The standard InChI is InChI=1S/C25H30N6O3/c1-16-18(3-4-19-20(16)14-34-24(19)33)21(32)13-29-10-7-25(8-11-29)9-12-30(15-25)23-6-5-22-27-26-17(2)31(22)28-23/h3-6,21,32H,7-15H2,1-2H3/t21-/m0/s1. The number of aromatic nitrogens is 4. The minimum atomic E-state index is -0.571. The number of likely N-dealkylation sites (tertiary alicyclic amines) is 1. The Bertz CT molecular complexity index is 1260. The van der Waals surface area contributed by atoms with Gasteiger partial charge in [0.05, 0.1) is 11.7 Å². The second kappa shape index (κ2) is 8.02. The molecule has 0 bridgehead atoms. The van der Waals surface area contributed by atoms with Crippen LogP contribution < -0.4 is 4.90 Å². The van der Waals surface area contributed by atoms with E-state index in [4.69, 9.17) is 9.84 Å². The second-order valence-electron chi connectivity index (χ2n) is 10.1. The van der Waals surface area contributed by atoms with Gasteiger partial charge in [-0.3, -0.25) is 0 Å². The largest absolute Gasteiger partial charge is 0.457 e. The maximum Gasteiger partial charge on any atom is 0.338 e. The van der Waals surface area contributed by atoms with Crippen LogP contribution in [0.1, 0.15) is 58.2 Å². The van der Waals surface area contributed by atoms with Crippen LogP contribution in [0.2, 0.25) is 0 Å². The van der Waals surface area contributed by atoms with Crippen molar-refractivity contribution in [1.29, 1.82) is 0 Å². The third kappa shape index (κ3) is 3.54. The van der Waals surface area contributed by atoms with Gasteiger partial charge in [-0.05, 0) is 80.9 Å². The molecule has 6 rings (SSSR count). The first-order chi connectivity index (χ1) is 16.4. The monoisotopic (exact) mass is 462 g/mol. The van der Waals surface area contributed by atoms with Gasteiger partial charge in [-0.2, -0.15) is 4.52 Å². The Morgan fingerprint density at radius 3 is 2.71 bits per heavy atom. The van der Waals surface area contributed by atoms with E-state index in [0.29, 0.717) is 24.1 Å². The van der Waals surface area contributed by atoms with Crippen LogP contribution in [0.25, 0.3) is 5.65 Å². The van der Waals surface area contributed by atoms with Crippen molar-refractivity contribution in [2.45, 2.75) is 45.8 Å². The number of aryl methyl sites for hydroxylation is 1. The van der Waals surface area contributed by atoms with E-state index in [-0.39, 0.29) is 5.97 Å². The van der Waals surface area contributed by atoms with E-state index in [0.717, 1.165) is 73.0 Å². The van der Waals surface area contributed by atoms with Crippen molar-refractivity contribution in [3.05, 3.63) is 52.3 Å². The highest BCUT2D eigenvalue weighted by atomic mass is 16.5. The highest BCUT2D eigenvalue weighted by molar-refractivity contribution is 5.93. The molecule has 9 heteroatoms. The fourth-order valence-electron chi connectivity index (χ4n) is 5.88. The molecule has 0 aliphatic carbocycles. The first-order valence-corrected chi connectivity index (χ1v) is 12.1. The van der Waals surface area contributed by atoms with Crippen LogP contribution in [0.4, 0.5) is 5.82 Å². The molecular formula is C25H30N6O3. The number of aliphatic hydroxyl groups excluding tert-OH is 1. The summed E-state index contributed by atoms with van der Waals surface area (Å²) in [4.78, 5) is 16.6. The predicted molar refractivity (Wildman–Crippen MR) is 126 cm³/mol. The van der Waals surface area contributed by atoms with Crippen LogP contribution in [0, 0.1) is 19.3 Å². The molecule has 0 saturated carbocycles. The third-order valence-corrected chi connectivity index (χ3v) is 8.08. The zero-order valence-corrected chi connectivity index (χ0v) is 19.7. The van der Waals surface area contributed by atoms with Crippen molar-refractivity contribution in [3.63, 3.8) is 0 Å². The zero-order chi connectivity index (χ0) is 23.4. The van der Waals surface area contributed by atoms with Crippen molar-refractivity contribution < 1.29 is 14.6 Å². The second-order valence-corrected chi connectivity index (χ2v) is 10.1. The molecule has 2 fully saturated rings. The van der Waals surface area contributed by atoms with Crippen molar-refractivity contribution in [3.8, 4) is 0 Å². The lowest BCUT2D eigenvalue weighted by Crippen LogP contribution is -2.43. The fourth-order valence-corrected chi connectivity index (χ4v) is 5.88. The lowest BCUT2D eigenvalue weighted by atomic mass is 9.77. The van der Waals surface area contributed by atoms with Gasteiger partial charge in [0.25, 0.3) is 0 Å². The molecule has 3 aromatic rings. The first-order valence-electron chi connectivity index (χ1n) is 12.1. The topological polar surface area (TPSA) is 96.1 Å². The van der Waals surface area contributed by atoms with Crippen molar-refractivity contribution in [2.24, 2.45) is 5.41 Å². The third-order valence-electron chi connectivity index (χ3n) is 8.08. The van der Waals surface area contributed by atoms with E-state index in [1.807, 2.05) is 36.6 Å². The number of hydrogen-bond acceptors (Lipinski definition) is 8. The summed E-state index contributed by atoms with van der Waals surface area (Å²) in [5, 5.41) is 24.0. The molecule has 34 heavy (non-hydrogen) atoms. The molecule has 1 spiro atoms. The fraction of sp³-hybridized carbons (Fsp3) is 0.520. The van der Waals surface area contributed by atoms with Crippen LogP contribution in [0.3, 0.4) is 0 Å². The molecule has 1 atom stereocenters. The van der Waals surface area contributed by atoms with Crippen LogP contribution in [-0.4, -0.2) is 68.5 Å². The molecule has 2 aromatic heterocycles. The number of benzene rings is 1. The number of carbonyl (C=O) groups is 1. The SMILES string of the molecule is Cc1c([C@@H](O)CN2CCC3(CC2)CCN(c2ccc4nnc(C)n4n2)C3)ccc2c1COC2=O. The van der Waals surface area contributed by atoms with Gasteiger partial charge in [-0.1, -0.05) is 6.07 Å². The van der Waals surface area contributed by atoms with E-state index in [1.165, 1.54) is 6.42 Å². The number of aliphatic hydroxyl groups is 1. The zero-order valence-electron chi connectivity index (χ0n) is 19.7. The molecule has 1 N–H and O–H groups in total. The first kappa shape index (κ1) is 21.5. The van der Waals surface area contributed by atoms with E-state index in [9.17, 15) is 9.90 Å². The van der Waals surface area contributed by atoms with Crippen LogP contribution in [0.5, 0.6) is 0 Å². The summed E-state index contributed by atoms with van der Waals surface area (Å²) in [5.41, 5.74) is 4.51. The van der Waals surface area contributed by atoms with Crippen molar-refractivity contribution in [1.82, 2.24) is 24.7 Å². The Labute approximate surface area is 198 Å². The summed E-state index contributed by atoms with van der Waals surface area (Å²) in [6.45, 7) is 8.80. The minimum Gasteiger partial charge on any atom is -0.457 e. The van der Waals surface area contributed by atoms with Crippen LogP contribution >= 0.6 is 0 Å². The van der Waals surface area contributed by atoms with E-state index in [1.54, 1.807) is 6.07 Å². The Morgan fingerprint density at radius 2 is 1.88 bits per heavy atom. The number of hydrogen-bond donors (Lipinski definition) is 1. The summed E-state index contributed by atoms with van der Waals surface area (Å²) in [6.07, 6.45) is 2.84. The van der Waals surface area contributed by atoms with Gasteiger partial charge >= 0.3 is 5.97 Å². The van der Waals surface area contributed by atoms with Crippen LogP contribution in [0.15, 0.2) is 24.3 Å². The summed E-state index contributed by atoms with van der Waals surface area (Å²) in [5.74, 6) is 1.52. The van der Waals surface area contributed by atoms with Crippen molar-refractivity contribution >= 4 is 17.4 Å². The molecule has 0 unspecified atom stereocenters. The number of anilines is 1. The summed E-state index contributed by atoms with van der Waals surface area (Å²) < 4.78 is 6.97. The molecule has 2 saturated heterocycles. The highest BCUT2D eigenvalue weighted by Crippen LogP contribution is 2.42. The predicted octanol–water partition coefficient (Wildman–Crippen LogP) is 2.44. The average Bonchev–Trinajstić information content (AvgIpc) is 3.54. The molecule has 3 aliphatic rings. The van der Waals surface area contributed by atoms with Gasteiger partial charge in [0.15, 0.2) is 11.5 Å². The summed E-state index contributed by atoms with van der Waals surface area (Å²) in [7, 11) is 0. The van der Waals surface area contributed by atoms with Crippen molar-refractivity contribution in [2.75, 3.05) is 37.6 Å². The number of nitrogens with zero attached hydrogens (tertiary/aromatic N) is 6. The smallest absolute Gasteiger partial charge is 0.338 e. The van der Waals surface area contributed by atoms with E-state index >= 15 is 0 Å². The molecule has 5 heterocycles. The maximum atomic E-state index is 11.8. The normalized spacial score (nSPS) is 20.8. The average molecular weight is 463 g/mol. The summed E-state index contributed by atoms with van der Waals surface area (Å²) >= 11 is 0.